The molecule has 0 unspecified atom stereocenters. The number of aromatic nitrogens is 1. The largest absolute Gasteiger partial charge is 0.480 e. The first-order valence-electron chi connectivity index (χ1n) is 7.60. The van der Waals surface area contributed by atoms with E-state index in [1.807, 2.05) is 6.92 Å². The minimum Gasteiger partial charge on any atom is -0.480 e. The molecule has 1 aromatic rings. The van der Waals surface area contributed by atoms with Crippen LogP contribution in [0, 0.1) is 12.8 Å². The highest BCUT2D eigenvalue weighted by atomic mass is 16.4. The Balaban J connectivity index is 2.19. The minimum absolute atomic E-state index is 0.120. The first kappa shape index (κ1) is 17.5. The number of nitrogen functional groups attached to an aromatic ring is 1. The molecule has 2 atom stereocenters. The van der Waals surface area contributed by atoms with Crippen LogP contribution in [-0.4, -0.2) is 51.9 Å². The van der Waals surface area contributed by atoms with Gasteiger partial charge in [-0.3, -0.25) is 4.79 Å². The molecule has 8 nitrogen and oxygen atoms in total. The van der Waals surface area contributed by atoms with Crippen LogP contribution < -0.4 is 16.4 Å². The minimum atomic E-state index is -1.40. The van der Waals surface area contributed by atoms with Crippen molar-refractivity contribution in [1.82, 2.24) is 4.98 Å². The molecule has 0 bridgehead atoms. The SMILES string of the molecule is Cc1ccnc(N2C[C@H](CCCB(O)O)[C@](N)(C(=O)O)C2)c1N. The summed E-state index contributed by atoms with van der Waals surface area (Å²) in [5, 5.41) is 27.4. The molecule has 23 heavy (non-hydrogen) atoms. The predicted molar refractivity (Wildman–Crippen MR) is 87.9 cm³/mol. The number of pyridine rings is 1. The van der Waals surface area contributed by atoms with Crippen LogP contribution in [0.15, 0.2) is 12.3 Å². The van der Waals surface area contributed by atoms with Crippen LogP contribution in [0.5, 0.6) is 0 Å². The number of anilines is 2. The summed E-state index contributed by atoms with van der Waals surface area (Å²) in [6, 6.07) is 1.79. The van der Waals surface area contributed by atoms with E-state index in [4.69, 9.17) is 21.5 Å². The van der Waals surface area contributed by atoms with Gasteiger partial charge < -0.3 is 31.5 Å². The molecule has 2 rings (SSSR count). The number of nitrogens with two attached hydrogens (primary N) is 2. The predicted octanol–water partition coefficient (Wildman–Crippen LogP) is -0.556. The van der Waals surface area contributed by atoms with Crippen molar-refractivity contribution in [2.45, 2.75) is 31.6 Å². The van der Waals surface area contributed by atoms with Gasteiger partial charge in [-0.05, 0) is 31.3 Å². The Morgan fingerprint density at radius 3 is 2.87 bits per heavy atom. The van der Waals surface area contributed by atoms with E-state index >= 15 is 0 Å². The molecule has 0 spiro atoms. The summed E-state index contributed by atoms with van der Waals surface area (Å²) in [6.45, 7) is 2.41. The molecule has 1 saturated heterocycles. The Morgan fingerprint density at radius 2 is 2.26 bits per heavy atom. The topological polar surface area (TPSA) is 146 Å². The highest BCUT2D eigenvalue weighted by Gasteiger charge is 2.49. The third kappa shape index (κ3) is 3.57. The average Bonchev–Trinajstić information content (AvgIpc) is 2.80. The lowest BCUT2D eigenvalue weighted by Gasteiger charge is -2.25. The number of carboxylic acid groups (broad SMARTS) is 1. The van der Waals surface area contributed by atoms with Crippen molar-refractivity contribution in [2.24, 2.45) is 11.7 Å². The van der Waals surface area contributed by atoms with Crippen molar-refractivity contribution in [1.29, 1.82) is 0 Å². The fourth-order valence-electron chi connectivity index (χ4n) is 3.05. The van der Waals surface area contributed by atoms with E-state index in [-0.39, 0.29) is 18.8 Å². The highest BCUT2D eigenvalue weighted by Crippen LogP contribution is 2.35. The molecule has 0 saturated carbocycles. The number of carbonyl (C=O) groups is 1. The van der Waals surface area contributed by atoms with Crippen molar-refractivity contribution in [2.75, 3.05) is 23.7 Å². The van der Waals surface area contributed by atoms with Crippen LogP contribution in [0.3, 0.4) is 0 Å². The first-order chi connectivity index (χ1) is 10.8. The number of nitrogens with zero attached hydrogens (tertiary/aromatic N) is 2. The maximum absolute atomic E-state index is 11.7. The van der Waals surface area contributed by atoms with Gasteiger partial charge in [0.25, 0.3) is 0 Å². The molecule has 1 aliphatic heterocycles. The summed E-state index contributed by atoms with van der Waals surface area (Å²) >= 11 is 0. The van der Waals surface area contributed by atoms with E-state index in [1.165, 1.54) is 0 Å². The summed E-state index contributed by atoms with van der Waals surface area (Å²) in [7, 11) is -1.39. The Kier molecular flexibility index (Phi) is 5.13. The van der Waals surface area contributed by atoms with E-state index in [2.05, 4.69) is 4.98 Å². The zero-order valence-electron chi connectivity index (χ0n) is 13.1. The average molecular weight is 322 g/mol. The molecule has 1 aromatic heterocycles. The van der Waals surface area contributed by atoms with E-state index < -0.39 is 18.6 Å². The van der Waals surface area contributed by atoms with Gasteiger partial charge in [-0.15, -0.1) is 0 Å². The Morgan fingerprint density at radius 1 is 1.57 bits per heavy atom. The number of hydrogen-bond donors (Lipinski definition) is 5. The zero-order valence-corrected chi connectivity index (χ0v) is 13.1. The standard InChI is InChI=1S/C14H23BN4O4/c1-9-4-6-18-12(11(9)16)19-7-10(3-2-5-15(22)23)14(17,8-19)13(20)21/h4,6,10,22-23H,2-3,5,7-8,16-17H2,1H3,(H,20,21)/t10-,14-/m0/s1. The van der Waals surface area contributed by atoms with Crippen molar-refractivity contribution in [3.63, 3.8) is 0 Å². The summed E-state index contributed by atoms with van der Waals surface area (Å²) in [5.41, 5.74) is 12.2. The molecule has 0 amide bonds. The Bertz CT molecular complexity index is 586. The first-order valence-corrected chi connectivity index (χ1v) is 7.60. The van der Waals surface area contributed by atoms with E-state index in [0.717, 1.165) is 5.56 Å². The van der Waals surface area contributed by atoms with E-state index in [9.17, 15) is 9.90 Å². The maximum atomic E-state index is 11.7. The van der Waals surface area contributed by atoms with Gasteiger partial charge >= 0.3 is 13.1 Å². The van der Waals surface area contributed by atoms with E-state index in [1.54, 1.807) is 17.2 Å². The number of rotatable bonds is 6. The number of hydrogen-bond acceptors (Lipinski definition) is 7. The number of aliphatic carboxylic acids is 1. The molecule has 9 heteroatoms. The lowest BCUT2D eigenvalue weighted by Crippen LogP contribution is -2.54. The van der Waals surface area contributed by atoms with Gasteiger partial charge in [0, 0.05) is 25.2 Å². The second-order valence-electron chi connectivity index (χ2n) is 6.20. The van der Waals surface area contributed by atoms with Gasteiger partial charge in [-0.25, -0.2) is 4.98 Å². The molecular formula is C14H23BN4O4. The third-order valence-corrected chi connectivity index (χ3v) is 4.52. The van der Waals surface area contributed by atoms with Gasteiger partial charge in [0.05, 0.1) is 5.69 Å². The lowest BCUT2D eigenvalue weighted by atomic mass is 9.78. The van der Waals surface area contributed by atoms with Crippen molar-refractivity contribution in [3.8, 4) is 0 Å². The molecule has 7 N–H and O–H groups in total. The van der Waals surface area contributed by atoms with Crippen LogP contribution in [-0.2, 0) is 4.79 Å². The molecular weight excluding hydrogens is 299 g/mol. The summed E-state index contributed by atoms with van der Waals surface area (Å²) in [5.74, 6) is -0.841. The van der Waals surface area contributed by atoms with E-state index in [0.29, 0.717) is 30.9 Å². The van der Waals surface area contributed by atoms with Crippen molar-refractivity contribution < 1.29 is 19.9 Å². The Labute approximate surface area is 135 Å². The van der Waals surface area contributed by atoms with Gasteiger partial charge in [0.2, 0.25) is 0 Å². The van der Waals surface area contributed by atoms with Crippen molar-refractivity contribution in [3.05, 3.63) is 17.8 Å². The van der Waals surface area contributed by atoms with Crippen LogP contribution >= 0.6 is 0 Å². The van der Waals surface area contributed by atoms with Crippen LogP contribution in [0.2, 0.25) is 6.32 Å². The van der Waals surface area contributed by atoms with Crippen LogP contribution in [0.1, 0.15) is 18.4 Å². The number of carboxylic acids is 1. The molecule has 1 aliphatic rings. The van der Waals surface area contributed by atoms with Crippen LogP contribution in [0.25, 0.3) is 0 Å². The quantitative estimate of drug-likeness (QED) is 0.438. The van der Waals surface area contributed by atoms with Crippen LogP contribution in [0.4, 0.5) is 11.5 Å². The Hall–Kier alpha value is -1.84. The maximum Gasteiger partial charge on any atom is 0.451 e. The summed E-state index contributed by atoms with van der Waals surface area (Å²) in [4.78, 5) is 17.7. The normalized spacial score (nSPS) is 24.0. The lowest BCUT2D eigenvalue weighted by molar-refractivity contribution is -0.144. The van der Waals surface area contributed by atoms with Gasteiger partial charge in [-0.2, -0.15) is 0 Å². The summed E-state index contributed by atoms with van der Waals surface area (Å²) in [6.07, 6.45) is 2.80. The monoisotopic (exact) mass is 322 g/mol. The zero-order chi connectivity index (χ0) is 17.2. The van der Waals surface area contributed by atoms with Gasteiger partial charge in [0.15, 0.2) is 5.82 Å². The number of aryl methyl sites for hydroxylation is 1. The molecule has 126 valence electrons. The highest BCUT2D eigenvalue weighted by molar-refractivity contribution is 6.40. The second kappa shape index (κ2) is 6.73. The summed E-state index contributed by atoms with van der Waals surface area (Å²) < 4.78 is 0. The molecule has 2 heterocycles. The van der Waals surface area contributed by atoms with Crippen molar-refractivity contribution >= 4 is 24.6 Å². The second-order valence-corrected chi connectivity index (χ2v) is 6.20. The molecule has 0 radical (unpaired) electrons. The molecule has 1 fully saturated rings. The molecule has 0 aromatic carbocycles. The smallest absolute Gasteiger partial charge is 0.451 e. The van der Waals surface area contributed by atoms with Gasteiger partial charge in [-0.1, -0.05) is 6.42 Å². The fourth-order valence-corrected chi connectivity index (χ4v) is 3.05. The third-order valence-electron chi connectivity index (χ3n) is 4.52. The van der Waals surface area contributed by atoms with Gasteiger partial charge in [0.1, 0.15) is 5.54 Å². The fraction of sp³-hybridized carbons (Fsp3) is 0.571. The molecule has 0 aliphatic carbocycles.